The van der Waals surface area contributed by atoms with Crippen LogP contribution in [0.5, 0.6) is 5.75 Å². The van der Waals surface area contributed by atoms with Gasteiger partial charge in [-0.25, -0.2) is 0 Å². The summed E-state index contributed by atoms with van der Waals surface area (Å²) < 4.78 is 6.55. The number of rotatable bonds is 6. The zero-order valence-corrected chi connectivity index (χ0v) is 15.2. The van der Waals surface area contributed by atoms with Crippen molar-refractivity contribution in [3.8, 4) is 5.75 Å². The van der Waals surface area contributed by atoms with Gasteiger partial charge in [-0.05, 0) is 43.4 Å². The van der Waals surface area contributed by atoms with E-state index in [-0.39, 0.29) is 5.60 Å². The Hall–Kier alpha value is -1.80. The van der Waals surface area contributed by atoms with E-state index in [2.05, 4.69) is 66.8 Å². The van der Waals surface area contributed by atoms with E-state index in [9.17, 15) is 0 Å². The first kappa shape index (κ1) is 16.7. The molecule has 3 atom stereocenters. The summed E-state index contributed by atoms with van der Waals surface area (Å²) in [5.74, 6) is 2.26. The Labute approximate surface area is 151 Å². The summed E-state index contributed by atoms with van der Waals surface area (Å²) in [6.45, 7) is 4.35. The summed E-state index contributed by atoms with van der Waals surface area (Å²) in [6, 6.07) is 19.5. The third-order valence-corrected chi connectivity index (χ3v) is 6.13. The number of hydrogen-bond donors (Lipinski definition) is 1. The molecule has 1 saturated carbocycles. The van der Waals surface area contributed by atoms with Crippen LogP contribution in [0.25, 0.3) is 0 Å². The number of fused-ring (bicyclic) bond motifs is 3. The highest BCUT2D eigenvalue weighted by Gasteiger charge is 2.48. The molecule has 1 aliphatic carbocycles. The summed E-state index contributed by atoms with van der Waals surface area (Å²) in [5.41, 5.74) is 2.89. The monoisotopic (exact) mass is 335 g/mol. The highest BCUT2D eigenvalue weighted by atomic mass is 16.5. The third-order valence-electron chi connectivity index (χ3n) is 6.13. The minimum atomic E-state index is 0.0327. The molecule has 0 saturated heterocycles. The maximum absolute atomic E-state index is 6.55. The zero-order chi connectivity index (χ0) is 17.1. The summed E-state index contributed by atoms with van der Waals surface area (Å²) in [5, 5.41) is 3.69. The maximum Gasteiger partial charge on any atom is 0.123 e. The van der Waals surface area contributed by atoms with Crippen molar-refractivity contribution in [2.45, 2.75) is 56.5 Å². The van der Waals surface area contributed by atoms with Crippen LogP contribution in [0.3, 0.4) is 0 Å². The Morgan fingerprint density at radius 1 is 1.08 bits per heavy atom. The van der Waals surface area contributed by atoms with E-state index in [1.807, 2.05) is 0 Å². The summed E-state index contributed by atoms with van der Waals surface area (Å²) in [4.78, 5) is 0. The third kappa shape index (κ3) is 3.32. The smallest absolute Gasteiger partial charge is 0.123 e. The molecule has 1 N–H and O–H groups in total. The standard InChI is InChI=1S/C23H29NO/c1-18(19-9-3-2-4-10-19)17-24-16-15-23-14-8-7-12-21(23)20-11-5-6-13-22(20)25-23/h2-6,9-11,13,18,21,24H,7-8,12,14-17H2,1H3. The molecule has 132 valence electrons. The largest absolute Gasteiger partial charge is 0.486 e. The van der Waals surface area contributed by atoms with E-state index in [1.54, 1.807) is 0 Å². The van der Waals surface area contributed by atoms with Crippen LogP contribution in [0, 0.1) is 0 Å². The first-order valence-electron chi connectivity index (χ1n) is 9.82. The molecule has 0 aromatic heterocycles. The topological polar surface area (TPSA) is 21.3 Å². The highest BCUT2D eigenvalue weighted by Crippen LogP contribution is 2.53. The van der Waals surface area contributed by atoms with Crippen LogP contribution in [-0.2, 0) is 0 Å². The lowest BCUT2D eigenvalue weighted by Gasteiger charge is -2.38. The minimum absolute atomic E-state index is 0.0327. The molecule has 3 unspecified atom stereocenters. The van der Waals surface area contributed by atoms with Gasteiger partial charge in [-0.15, -0.1) is 0 Å². The zero-order valence-electron chi connectivity index (χ0n) is 15.2. The SMILES string of the molecule is CC(CNCCC12CCCCC1c1ccccc1O2)c1ccccc1. The summed E-state index contributed by atoms with van der Waals surface area (Å²) in [6.07, 6.45) is 6.21. The molecule has 2 aromatic carbocycles. The van der Waals surface area contributed by atoms with Gasteiger partial charge in [0, 0.05) is 24.4 Å². The molecular formula is C23H29NO. The van der Waals surface area contributed by atoms with Crippen molar-refractivity contribution in [3.05, 3.63) is 65.7 Å². The second-order valence-electron chi connectivity index (χ2n) is 7.77. The van der Waals surface area contributed by atoms with Crippen molar-refractivity contribution in [1.82, 2.24) is 5.32 Å². The molecule has 25 heavy (non-hydrogen) atoms. The highest BCUT2D eigenvalue weighted by molar-refractivity contribution is 5.43. The van der Waals surface area contributed by atoms with Gasteiger partial charge in [-0.2, -0.15) is 0 Å². The van der Waals surface area contributed by atoms with Crippen molar-refractivity contribution in [3.63, 3.8) is 0 Å². The van der Waals surface area contributed by atoms with Crippen molar-refractivity contribution in [2.24, 2.45) is 0 Å². The maximum atomic E-state index is 6.55. The van der Waals surface area contributed by atoms with Crippen molar-refractivity contribution >= 4 is 0 Å². The molecule has 0 spiro atoms. The molecule has 0 amide bonds. The lowest BCUT2D eigenvalue weighted by molar-refractivity contribution is 0.0276. The number of nitrogens with one attached hydrogen (secondary N) is 1. The average molecular weight is 335 g/mol. The molecule has 2 heteroatoms. The van der Waals surface area contributed by atoms with Gasteiger partial charge < -0.3 is 10.1 Å². The second kappa shape index (κ2) is 7.21. The first-order valence-corrected chi connectivity index (χ1v) is 9.82. The molecule has 2 nitrogen and oxygen atoms in total. The molecule has 2 aliphatic rings. The van der Waals surface area contributed by atoms with Gasteiger partial charge in [-0.3, -0.25) is 0 Å². The molecule has 1 fully saturated rings. The van der Waals surface area contributed by atoms with Gasteiger partial charge in [0.15, 0.2) is 0 Å². The van der Waals surface area contributed by atoms with E-state index in [0.717, 1.165) is 25.3 Å². The summed E-state index contributed by atoms with van der Waals surface area (Å²) in [7, 11) is 0. The van der Waals surface area contributed by atoms with Crippen molar-refractivity contribution in [1.29, 1.82) is 0 Å². The molecule has 1 aliphatic heterocycles. The average Bonchev–Trinajstić information content (AvgIpc) is 3.00. The molecule has 4 rings (SSSR count). The van der Waals surface area contributed by atoms with Crippen molar-refractivity contribution < 1.29 is 4.74 Å². The lowest BCUT2D eigenvalue weighted by Crippen LogP contribution is -2.43. The lowest BCUT2D eigenvalue weighted by atomic mass is 9.72. The van der Waals surface area contributed by atoms with Crippen LogP contribution in [0.1, 0.15) is 62.0 Å². The van der Waals surface area contributed by atoms with E-state index in [1.165, 1.54) is 36.8 Å². The second-order valence-corrected chi connectivity index (χ2v) is 7.77. The van der Waals surface area contributed by atoms with Gasteiger partial charge in [0.25, 0.3) is 0 Å². The molecule has 0 radical (unpaired) electrons. The van der Waals surface area contributed by atoms with Crippen LogP contribution in [0.4, 0.5) is 0 Å². The van der Waals surface area contributed by atoms with Crippen molar-refractivity contribution in [2.75, 3.05) is 13.1 Å². The Bertz CT molecular complexity index is 698. The summed E-state index contributed by atoms with van der Waals surface area (Å²) >= 11 is 0. The molecule has 0 bridgehead atoms. The number of benzene rings is 2. The van der Waals surface area contributed by atoms with Gasteiger partial charge in [0.2, 0.25) is 0 Å². The van der Waals surface area contributed by atoms with Crippen LogP contribution >= 0.6 is 0 Å². The van der Waals surface area contributed by atoms with Crippen LogP contribution < -0.4 is 10.1 Å². The van der Waals surface area contributed by atoms with Crippen LogP contribution in [0.2, 0.25) is 0 Å². The Kier molecular flexibility index (Phi) is 4.80. The van der Waals surface area contributed by atoms with Crippen LogP contribution in [-0.4, -0.2) is 18.7 Å². The Morgan fingerprint density at radius 3 is 2.76 bits per heavy atom. The predicted molar refractivity (Wildman–Crippen MR) is 103 cm³/mol. The Balaban J connectivity index is 1.36. The molecule has 1 heterocycles. The van der Waals surface area contributed by atoms with Gasteiger partial charge in [0.1, 0.15) is 11.4 Å². The number of para-hydroxylation sites is 1. The normalized spacial score (nSPS) is 25.7. The Morgan fingerprint density at radius 2 is 1.88 bits per heavy atom. The molecule has 2 aromatic rings. The fourth-order valence-electron chi connectivity index (χ4n) is 4.72. The quantitative estimate of drug-likeness (QED) is 0.727. The van der Waals surface area contributed by atoms with Gasteiger partial charge >= 0.3 is 0 Å². The fourth-order valence-corrected chi connectivity index (χ4v) is 4.72. The molecular weight excluding hydrogens is 306 g/mol. The van der Waals surface area contributed by atoms with E-state index in [4.69, 9.17) is 4.74 Å². The number of ether oxygens (including phenoxy) is 1. The van der Waals surface area contributed by atoms with E-state index in [0.29, 0.717) is 11.8 Å². The van der Waals surface area contributed by atoms with Gasteiger partial charge in [-0.1, -0.05) is 61.9 Å². The van der Waals surface area contributed by atoms with E-state index < -0.39 is 0 Å². The number of hydrogen-bond acceptors (Lipinski definition) is 2. The van der Waals surface area contributed by atoms with Crippen LogP contribution in [0.15, 0.2) is 54.6 Å². The fraction of sp³-hybridized carbons (Fsp3) is 0.478. The van der Waals surface area contributed by atoms with Gasteiger partial charge in [0.05, 0.1) is 0 Å². The first-order chi connectivity index (χ1) is 12.3. The predicted octanol–water partition coefficient (Wildman–Crippen LogP) is 5.26. The van der Waals surface area contributed by atoms with E-state index >= 15 is 0 Å². The minimum Gasteiger partial charge on any atom is -0.486 e.